The molecule has 0 aromatic heterocycles. The van der Waals surface area contributed by atoms with Gasteiger partial charge in [-0.05, 0) is 36.2 Å². The van der Waals surface area contributed by atoms with E-state index in [1.165, 1.54) is 6.21 Å². The van der Waals surface area contributed by atoms with Gasteiger partial charge in [0.15, 0.2) is 0 Å². The monoisotopic (exact) mass is 345 g/mol. The second-order valence-electron chi connectivity index (χ2n) is 6.04. The molecule has 130 valence electrons. The lowest BCUT2D eigenvalue weighted by Crippen LogP contribution is -2.32. The third-order valence-corrected chi connectivity index (χ3v) is 4.03. The molecule has 26 heavy (non-hydrogen) atoms. The van der Waals surface area contributed by atoms with E-state index in [9.17, 15) is 9.59 Å². The summed E-state index contributed by atoms with van der Waals surface area (Å²) in [7, 11) is 0. The van der Waals surface area contributed by atoms with E-state index in [2.05, 4.69) is 15.8 Å². The third-order valence-electron chi connectivity index (χ3n) is 4.03. The highest BCUT2D eigenvalue weighted by molar-refractivity contribution is 6.39. The molecular formula is C21H19N3O2. The van der Waals surface area contributed by atoms with E-state index < -0.39 is 11.8 Å². The standard InChI is InChI=1S/C21H19N3O2/c1-14-10-11-19(15(2)12-14)23-20(25)21(26)24-22-13-17-8-5-7-16-6-3-4-9-18(16)17/h3-13H,1-2H3,(H,23,25)(H,24,26). The predicted octanol–water partition coefficient (Wildman–Crippen LogP) is 3.55. The summed E-state index contributed by atoms with van der Waals surface area (Å²) >= 11 is 0. The number of nitrogens with one attached hydrogen (secondary N) is 2. The largest absolute Gasteiger partial charge is 0.329 e. The summed E-state index contributed by atoms with van der Waals surface area (Å²) in [5.41, 5.74) is 5.71. The van der Waals surface area contributed by atoms with Gasteiger partial charge in [-0.25, -0.2) is 5.43 Å². The number of hydrogen-bond donors (Lipinski definition) is 2. The van der Waals surface area contributed by atoms with Gasteiger partial charge in [-0.3, -0.25) is 9.59 Å². The van der Waals surface area contributed by atoms with Gasteiger partial charge in [0.05, 0.1) is 6.21 Å². The number of fused-ring (bicyclic) bond motifs is 1. The van der Waals surface area contributed by atoms with Gasteiger partial charge in [0.25, 0.3) is 0 Å². The Kier molecular flexibility index (Phi) is 5.08. The smallest absolute Gasteiger partial charge is 0.317 e. The molecule has 0 aliphatic carbocycles. The molecule has 5 heteroatoms. The molecule has 0 saturated carbocycles. The first-order chi connectivity index (χ1) is 12.5. The number of hydrazone groups is 1. The fourth-order valence-corrected chi connectivity index (χ4v) is 2.71. The average Bonchev–Trinajstić information content (AvgIpc) is 2.64. The molecule has 3 aromatic carbocycles. The Morgan fingerprint density at radius 2 is 1.69 bits per heavy atom. The summed E-state index contributed by atoms with van der Waals surface area (Å²) in [6, 6.07) is 19.3. The Balaban J connectivity index is 1.66. The molecule has 0 aliphatic heterocycles. The van der Waals surface area contributed by atoms with E-state index in [0.29, 0.717) is 5.69 Å². The van der Waals surface area contributed by atoms with E-state index >= 15 is 0 Å². The Bertz CT molecular complexity index is 1000. The molecule has 0 fully saturated rings. The number of amides is 2. The van der Waals surface area contributed by atoms with Gasteiger partial charge < -0.3 is 5.32 Å². The molecule has 3 aromatic rings. The number of hydrogen-bond acceptors (Lipinski definition) is 3. The second-order valence-corrected chi connectivity index (χ2v) is 6.04. The third kappa shape index (κ3) is 3.95. The highest BCUT2D eigenvalue weighted by Crippen LogP contribution is 2.17. The van der Waals surface area contributed by atoms with Crippen molar-refractivity contribution in [3.63, 3.8) is 0 Å². The molecule has 0 atom stereocenters. The van der Waals surface area contributed by atoms with E-state index in [-0.39, 0.29) is 0 Å². The molecule has 5 nitrogen and oxygen atoms in total. The van der Waals surface area contributed by atoms with Crippen LogP contribution in [-0.2, 0) is 9.59 Å². The summed E-state index contributed by atoms with van der Waals surface area (Å²) in [6.07, 6.45) is 1.53. The minimum absolute atomic E-state index is 0.605. The van der Waals surface area contributed by atoms with Crippen LogP contribution in [0.4, 0.5) is 5.69 Å². The first-order valence-corrected chi connectivity index (χ1v) is 8.24. The molecule has 2 amide bonds. The van der Waals surface area contributed by atoms with E-state index in [0.717, 1.165) is 27.5 Å². The summed E-state index contributed by atoms with van der Waals surface area (Å²) < 4.78 is 0. The Hall–Kier alpha value is -3.47. The van der Waals surface area contributed by atoms with Crippen LogP contribution in [0.1, 0.15) is 16.7 Å². The van der Waals surface area contributed by atoms with Gasteiger partial charge in [-0.1, -0.05) is 60.2 Å². The fraction of sp³-hybridized carbons (Fsp3) is 0.0952. The van der Waals surface area contributed by atoms with Gasteiger partial charge >= 0.3 is 11.8 Å². The molecular weight excluding hydrogens is 326 g/mol. The van der Waals surface area contributed by atoms with Gasteiger partial charge in [0.1, 0.15) is 0 Å². The lowest BCUT2D eigenvalue weighted by atomic mass is 10.1. The van der Waals surface area contributed by atoms with Crippen molar-refractivity contribution >= 4 is 34.5 Å². The van der Waals surface area contributed by atoms with E-state index in [1.807, 2.05) is 68.4 Å². The first-order valence-electron chi connectivity index (χ1n) is 8.24. The maximum atomic E-state index is 12.0. The SMILES string of the molecule is Cc1ccc(NC(=O)C(=O)NN=Cc2cccc3ccccc23)c(C)c1. The zero-order valence-electron chi connectivity index (χ0n) is 14.6. The molecule has 3 rings (SSSR count). The van der Waals surface area contributed by atoms with Gasteiger partial charge in [0, 0.05) is 11.3 Å². The van der Waals surface area contributed by atoms with Gasteiger partial charge in [-0.15, -0.1) is 0 Å². The predicted molar refractivity (Wildman–Crippen MR) is 104 cm³/mol. The fourth-order valence-electron chi connectivity index (χ4n) is 2.71. The van der Waals surface area contributed by atoms with Crippen LogP contribution in [-0.4, -0.2) is 18.0 Å². The highest BCUT2D eigenvalue weighted by Gasteiger charge is 2.13. The summed E-state index contributed by atoms with van der Waals surface area (Å²) in [5.74, 6) is -1.58. The maximum Gasteiger partial charge on any atom is 0.329 e. The van der Waals surface area contributed by atoms with Gasteiger partial charge in [-0.2, -0.15) is 5.10 Å². The van der Waals surface area contributed by atoms with Gasteiger partial charge in [0.2, 0.25) is 0 Å². The van der Waals surface area contributed by atoms with Crippen LogP contribution in [0, 0.1) is 13.8 Å². The molecule has 0 bridgehead atoms. The van der Waals surface area contributed by atoms with Crippen LogP contribution in [0.15, 0.2) is 65.8 Å². The van der Waals surface area contributed by atoms with Crippen molar-refractivity contribution in [2.24, 2.45) is 5.10 Å². The molecule has 0 unspecified atom stereocenters. The van der Waals surface area contributed by atoms with E-state index in [1.54, 1.807) is 6.07 Å². The number of rotatable bonds is 3. The Labute approximate surface area is 151 Å². The zero-order valence-corrected chi connectivity index (χ0v) is 14.6. The van der Waals surface area contributed by atoms with Crippen LogP contribution < -0.4 is 10.7 Å². The van der Waals surface area contributed by atoms with Crippen molar-refractivity contribution in [3.8, 4) is 0 Å². The first kappa shape index (κ1) is 17.4. The minimum Gasteiger partial charge on any atom is -0.317 e. The van der Waals surface area contributed by atoms with Crippen LogP contribution in [0.25, 0.3) is 10.8 Å². The summed E-state index contributed by atoms with van der Waals surface area (Å²) in [5, 5.41) is 8.60. The number of carbonyl (C=O) groups excluding carboxylic acids is 2. The maximum absolute atomic E-state index is 12.0. The number of nitrogens with zero attached hydrogens (tertiary/aromatic N) is 1. The van der Waals surface area contributed by atoms with Crippen LogP contribution in [0.5, 0.6) is 0 Å². The van der Waals surface area contributed by atoms with Crippen molar-refractivity contribution in [3.05, 3.63) is 77.4 Å². The minimum atomic E-state index is -0.818. The molecule has 0 heterocycles. The van der Waals surface area contributed by atoms with Crippen molar-refractivity contribution in [2.75, 3.05) is 5.32 Å². The van der Waals surface area contributed by atoms with Crippen LogP contribution in [0.2, 0.25) is 0 Å². The quantitative estimate of drug-likeness (QED) is 0.433. The normalized spacial score (nSPS) is 10.8. The highest BCUT2D eigenvalue weighted by atomic mass is 16.2. The summed E-state index contributed by atoms with van der Waals surface area (Å²) in [4.78, 5) is 23.9. The zero-order chi connectivity index (χ0) is 18.5. The van der Waals surface area contributed by atoms with Crippen molar-refractivity contribution < 1.29 is 9.59 Å². The second kappa shape index (κ2) is 7.61. The van der Waals surface area contributed by atoms with Crippen LogP contribution in [0.3, 0.4) is 0 Å². The van der Waals surface area contributed by atoms with Crippen LogP contribution >= 0.6 is 0 Å². The average molecular weight is 345 g/mol. The number of carbonyl (C=O) groups is 2. The molecule has 0 radical (unpaired) electrons. The number of aryl methyl sites for hydroxylation is 2. The van der Waals surface area contributed by atoms with Crippen molar-refractivity contribution in [1.82, 2.24) is 5.43 Å². The lowest BCUT2D eigenvalue weighted by Gasteiger charge is -2.08. The number of anilines is 1. The molecule has 0 aliphatic rings. The Morgan fingerprint density at radius 1 is 0.923 bits per heavy atom. The molecule has 0 saturated heterocycles. The van der Waals surface area contributed by atoms with E-state index in [4.69, 9.17) is 0 Å². The molecule has 0 spiro atoms. The Morgan fingerprint density at radius 3 is 2.50 bits per heavy atom. The number of benzene rings is 3. The topological polar surface area (TPSA) is 70.6 Å². The lowest BCUT2D eigenvalue weighted by molar-refractivity contribution is -0.136. The van der Waals surface area contributed by atoms with Crippen molar-refractivity contribution in [1.29, 1.82) is 0 Å². The summed E-state index contributed by atoms with van der Waals surface area (Å²) in [6.45, 7) is 3.84. The molecule has 2 N–H and O–H groups in total. The van der Waals surface area contributed by atoms with Crippen molar-refractivity contribution in [2.45, 2.75) is 13.8 Å².